The molecule has 0 aliphatic rings. The van der Waals surface area contributed by atoms with E-state index in [1.165, 1.54) is 15.9 Å². The molecule has 1 heterocycles. The Bertz CT molecular complexity index is 1890. The van der Waals surface area contributed by atoms with Gasteiger partial charge >= 0.3 is 0 Å². The van der Waals surface area contributed by atoms with Gasteiger partial charge in [0.15, 0.2) is 0 Å². The molecule has 0 unspecified atom stereocenters. The Morgan fingerprint density at radius 3 is 1.85 bits per heavy atom. The maximum absolute atomic E-state index is 13.1. The number of amides is 1. The van der Waals surface area contributed by atoms with Crippen molar-refractivity contribution in [3.8, 4) is 5.75 Å². The SMILES string of the molecule is Cn1c(=O)c(NC(=O)c2ccc(OCCC[P+](c3ccccc3)(c3ccccc3)c3ccccc3)cc2)cc2cc(Br)ccc21.[Br-]. The molecule has 5 aromatic carbocycles. The number of carbonyl (C=O) groups excluding carboxylic acids is 1. The second-order valence-corrected chi connectivity index (χ2v) is 15.4. The molecule has 5 nitrogen and oxygen atoms in total. The van der Waals surface area contributed by atoms with Crippen LogP contribution in [0, 0.1) is 0 Å². The molecule has 0 radical (unpaired) electrons. The van der Waals surface area contributed by atoms with E-state index in [2.05, 4.69) is 112 Å². The van der Waals surface area contributed by atoms with Crippen molar-refractivity contribution in [2.24, 2.45) is 7.05 Å². The van der Waals surface area contributed by atoms with E-state index in [1.807, 2.05) is 18.2 Å². The summed E-state index contributed by atoms with van der Waals surface area (Å²) in [5.74, 6) is 0.345. The number of halogens is 2. The van der Waals surface area contributed by atoms with Crippen LogP contribution >= 0.6 is 23.2 Å². The number of nitrogens with zero attached hydrogens (tertiary/aromatic N) is 1. The fraction of sp³-hybridized carbons (Fsp3) is 0.105. The van der Waals surface area contributed by atoms with Gasteiger partial charge in [0.1, 0.15) is 34.6 Å². The van der Waals surface area contributed by atoms with Crippen molar-refractivity contribution in [2.75, 3.05) is 18.1 Å². The lowest BCUT2D eigenvalue weighted by Gasteiger charge is -2.27. The first-order chi connectivity index (χ1) is 22.0. The Labute approximate surface area is 288 Å². The summed E-state index contributed by atoms with van der Waals surface area (Å²) in [5.41, 5.74) is 1.20. The standard InChI is InChI=1S/C38H32BrN2O3P.BrH/c1-41-36-23-20-30(39)26-29(36)27-35(38(41)43)40-37(42)28-18-21-31(22-19-28)44-24-11-25-45(32-12-5-2-6-13-32,33-14-7-3-8-15-33)34-16-9-4-10-17-34;/h2-10,12-23,26-27H,11,24-25H2,1H3;1H. The number of pyridine rings is 1. The number of rotatable bonds is 10. The van der Waals surface area contributed by atoms with Crippen LogP contribution in [-0.4, -0.2) is 23.2 Å². The second-order valence-electron chi connectivity index (χ2n) is 10.8. The van der Waals surface area contributed by atoms with Crippen LogP contribution in [0.1, 0.15) is 16.8 Å². The van der Waals surface area contributed by atoms with E-state index >= 15 is 0 Å². The third-order valence-electron chi connectivity index (χ3n) is 8.05. The summed E-state index contributed by atoms with van der Waals surface area (Å²) in [6.45, 7) is 0.544. The molecule has 1 aromatic heterocycles. The summed E-state index contributed by atoms with van der Waals surface area (Å²) < 4.78 is 8.62. The maximum atomic E-state index is 13.1. The summed E-state index contributed by atoms with van der Waals surface area (Å²) in [5, 5.41) is 7.70. The normalized spacial score (nSPS) is 11.1. The molecule has 1 N–H and O–H groups in total. The molecule has 6 rings (SSSR count). The highest BCUT2D eigenvalue weighted by molar-refractivity contribution is 9.10. The fourth-order valence-electron chi connectivity index (χ4n) is 5.81. The number of ether oxygens (including phenoxy) is 1. The Morgan fingerprint density at radius 1 is 0.761 bits per heavy atom. The highest BCUT2D eigenvalue weighted by atomic mass is 79.9. The molecular weight excluding hydrogens is 723 g/mol. The van der Waals surface area contributed by atoms with Gasteiger partial charge in [-0.3, -0.25) is 9.59 Å². The zero-order valence-electron chi connectivity index (χ0n) is 25.3. The van der Waals surface area contributed by atoms with Gasteiger partial charge in [-0.25, -0.2) is 0 Å². The van der Waals surface area contributed by atoms with Crippen LogP contribution in [0.4, 0.5) is 5.69 Å². The van der Waals surface area contributed by atoms with Crippen LogP contribution in [0.15, 0.2) is 149 Å². The van der Waals surface area contributed by atoms with Gasteiger partial charge in [0.25, 0.3) is 11.5 Å². The van der Waals surface area contributed by atoms with Gasteiger partial charge in [-0.05, 0) is 84.9 Å². The molecule has 0 bridgehead atoms. The molecule has 0 fully saturated rings. The molecule has 46 heavy (non-hydrogen) atoms. The van der Waals surface area contributed by atoms with E-state index in [0.717, 1.165) is 28.0 Å². The van der Waals surface area contributed by atoms with Crippen LogP contribution in [-0.2, 0) is 7.05 Å². The number of hydrogen-bond donors (Lipinski definition) is 1. The molecule has 0 aliphatic heterocycles. The van der Waals surface area contributed by atoms with Gasteiger partial charge in [0, 0.05) is 28.9 Å². The third kappa shape index (κ3) is 7.02. The number of aromatic nitrogens is 1. The van der Waals surface area contributed by atoms with E-state index < -0.39 is 7.26 Å². The predicted molar refractivity (Wildman–Crippen MR) is 191 cm³/mol. The van der Waals surface area contributed by atoms with Gasteiger partial charge in [0.2, 0.25) is 0 Å². The van der Waals surface area contributed by atoms with Crippen LogP contribution in [0.3, 0.4) is 0 Å². The molecule has 0 spiro atoms. The predicted octanol–water partition coefficient (Wildman–Crippen LogP) is 4.32. The van der Waals surface area contributed by atoms with Crippen LogP contribution in [0.5, 0.6) is 5.75 Å². The quantitative estimate of drug-likeness (QED) is 0.168. The molecule has 0 saturated carbocycles. The van der Waals surface area contributed by atoms with Gasteiger partial charge in [-0.15, -0.1) is 0 Å². The second kappa shape index (κ2) is 15.0. The van der Waals surface area contributed by atoms with Crippen molar-refractivity contribution in [1.82, 2.24) is 4.57 Å². The number of aryl methyl sites for hydroxylation is 1. The van der Waals surface area contributed by atoms with Gasteiger partial charge in [0.05, 0.1) is 18.3 Å². The Morgan fingerprint density at radius 2 is 1.30 bits per heavy atom. The zero-order valence-corrected chi connectivity index (χ0v) is 29.3. The van der Waals surface area contributed by atoms with Gasteiger partial charge < -0.3 is 31.6 Å². The average molecular weight is 756 g/mol. The van der Waals surface area contributed by atoms with E-state index in [9.17, 15) is 9.59 Å². The molecule has 6 aromatic rings. The van der Waals surface area contributed by atoms with Crippen LogP contribution < -0.4 is 48.5 Å². The van der Waals surface area contributed by atoms with Crippen molar-refractivity contribution < 1.29 is 26.5 Å². The van der Waals surface area contributed by atoms with Crippen molar-refractivity contribution in [3.63, 3.8) is 0 Å². The van der Waals surface area contributed by atoms with Crippen molar-refractivity contribution >= 4 is 61.6 Å². The highest BCUT2D eigenvalue weighted by Crippen LogP contribution is 2.55. The number of fused-ring (bicyclic) bond motifs is 1. The molecule has 232 valence electrons. The minimum Gasteiger partial charge on any atom is -1.00 e. The molecule has 0 saturated heterocycles. The van der Waals surface area contributed by atoms with Crippen LogP contribution in [0.25, 0.3) is 10.9 Å². The maximum Gasteiger partial charge on any atom is 0.274 e. The number of hydrogen-bond acceptors (Lipinski definition) is 3. The average Bonchev–Trinajstić information content (AvgIpc) is 3.08. The van der Waals surface area contributed by atoms with E-state index in [0.29, 0.717) is 17.9 Å². The first kappa shape index (κ1) is 33.3. The molecule has 8 heteroatoms. The summed E-state index contributed by atoms with van der Waals surface area (Å²) in [4.78, 5) is 26.0. The monoisotopic (exact) mass is 754 g/mol. The number of carbonyl (C=O) groups is 1. The number of nitrogens with one attached hydrogen (secondary N) is 1. The topological polar surface area (TPSA) is 60.3 Å². The first-order valence-electron chi connectivity index (χ1n) is 14.8. The van der Waals surface area contributed by atoms with Crippen LogP contribution in [0.2, 0.25) is 0 Å². The fourth-order valence-corrected chi connectivity index (χ4v) is 10.5. The largest absolute Gasteiger partial charge is 1.00 e. The Kier molecular flexibility index (Phi) is 10.9. The lowest BCUT2D eigenvalue weighted by Crippen LogP contribution is -3.00. The van der Waals surface area contributed by atoms with Crippen molar-refractivity contribution in [1.29, 1.82) is 0 Å². The Balaban J connectivity index is 0.00000417. The summed E-state index contributed by atoms with van der Waals surface area (Å²) >= 11 is 3.47. The summed E-state index contributed by atoms with van der Waals surface area (Å²) in [6, 6.07) is 46.9. The minimum absolute atomic E-state index is 0. The minimum atomic E-state index is -1.92. The Hall–Kier alpha value is -4.03. The smallest absolute Gasteiger partial charge is 0.274 e. The molecule has 0 atom stereocenters. The van der Waals surface area contributed by atoms with E-state index in [-0.39, 0.29) is 34.1 Å². The van der Waals surface area contributed by atoms with E-state index in [1.54, 1.807) is 41.9 Å². The van der Waals surface area contributed by atoms with Crippen molar-refractivity contribution in [2.45, 2.75) is 6.42 Å². The van der Waals surface area contributed by atoms with Gasteiger partial charge in [-0.1, -0.05) is 70.5 Å². The number of anilines is 1. The molecular formula is C38H33Br2N2O3P. The summed E-state index contributed by atoms with van der Waals surface area (Å²) in [6.07, 6.45) is 1.82. The summed E-state index contributed by atoms with van der Waals surface area (Å²) in [7, 11) is -0.217. The first-order valence-corrected chi connectivity index (χ1v) is 17.6. The van der Waals surface area contributed by atoms with E-state index in [4.69, 9.17) is 4.74 Å². The van der Waals surface area contributed by atoms with Gasteiger partial charge in [-0.2, -0.15) is 0 Å². The number of benzene rings is 5. The third-order valence-corrected chi connectivity index (χ3v) is 13.1. The molecule has 0 aliphatic carbocycles. The molecule has 1 amide bonds. The highest BCUT2D eigenvalue weighted by Gasteiger charge is 2.44. The van der Waals surface area contributed by atoms with Crippen molar-refractivity contribution in [3.05, 3.63) is 160 Å². The zero-order chi connectivity index (χ0) is 31.2. The lowest BCUT2D eigenvalue weighted by molar-refractivity contribution is -0.0000167. The lowest BCUT2D eigenvalue weighted by atomic mass is 10.1.